The first-order valence-corrected chi connectivity index (χ1v) is 7.80. The Morgan fingerprint density at radius 2 is 1.87 bits per heavy atom. The van der Waals surface area contributed by atoms with Crippen LogP contribution in [-0.2, 0) is 0 Å². The molecule has 6 heteroatoms. The van der Waals surface area contributed by atoms with Gasteiger partial charge < -0.3 is 4.98 Å². The topological polar surface area (TPSA) is 58.6 Å². The Morgan fingerprint density at radius 1 is 1.04 bits per heavy atom. The van der Waals surface area contributed by atoms with Crippen molar-refractivity contribution in [1.29, 1.82) is 0 Å². The third-order valence-corrected chi connectivity index (χ3v) is 4.47. The van der Waals surface area contributed by atoms with Crippen LogP contribution in [0.4, 0.5) is 4.39 Å². The Labute approximate surface area is 134 Å². The Morgan fingerprint density at radius 3 is 2.65 bits per heavy atom. The lowest BCUT2D eigenvalue weighted by atomic mass is 10.1. The van der Waals surface area contributed by atoms with Gasteiger partial charge in [-0.1, -0.05) is 24.3 Å². The number of aromatic amines is 1. The lowest BCUT2D eigenvalue weighted by Gasteiger charge is -2.03. The van der Waals surface area contributed by atoms with Crippen molar-refractivity contribution in [2.75, 3.05) is 0 Å². The standard InChI is InChI=1S/C17H10FN3OS/c18-12-6-2-1-5-10(12)11-9-23-15-14(11)20-16(21-17(15)22)13-7-3-4-8-19-13/h1-9H,(H,20,21,22). The number of fused-ring (bicyclic) bond motifs is 1. The summed E-state index contributed by atoms with van der Waals surface area (Å²) < 4.78 is 14.6. The van der Waals surface area contributed by atoms with Crippen LogP contribution in [0.15, 0.2) is 58.8 Å². The first-order valence-electron chi connectivity index (χ1n) is 6.92. The number of hydrogen-bond donors (Lipinski definition) is 1. The molecule has 4 rings (SSSR count). The highest BCUT2D eigenvalue weighted by atomic mass is 32.1. The average Bonchev–Trinajstić information content (AvgIpc) is 3.00. The summed E-state index contributed by atoms with van der Waals surface area (Å²) in [6.07, 6.45) is 1.63. The van der Waals surface area contributed by atoms with Crippen LogP contribution in [0.5, 0.6) is 0 Å². The largest absolute Gasteiger partial charge is 0.304 e. The fourth-order valence-corrected chi connectivity index (χ4v) is 3.32. The molecule has 23 heavy (non-hydrogen) atoms. The molecule has 4 aromatic rings. The van der Waals surface area contributed by atoms with Crippen molar-refractivity contribution >= 4 is 21.6 Å². The lowest BCUT2D eigenvalue weighted by molar-refractivity contribution is 0.631. The Kier molecular flexibility index (Phi) is 3.24. The summed E-state index contributed by atoms with van der Waals surface area (Å²) in [6.45, 7) is 0. The van der Waals surface area contributed by atoms with Crippen LogP contribution in [0.1, 0.15) is 0 Å². The first kappa shape index (κ1) is 13.8. The fourth-order valence-electron chi connectivity index (χ4n) is 2.42. The number of pyridine rings is 1. The van der Waals surface area contributed by atoms with Crippen LogP contribution in [0.25, 0.3) is 32.9 Å². The minimum Gasteiger partial charge on any atom is -0.304 e. The average molecular weight is 323 g/mol. The zero-order chi connectivity index (χ0) is 15.8. The summed E-state index contributed by atoms with van der Waals surface area (Å²) in [4.78, 5) is 23.7. The second-order valence-electron chi connectivity index (χ2n) is 4.94. The van der Waals surface area contributed by atoms with E-state index in [0.717, 1.165) is 0 Å². The van der Waals surface area contributed by atoms with Gasteiger partial charge >= 0.3 is 0 Å². The molecule has 0 amide bonds. The third kappa shape index (κ3) is 2.33. The van der Waals surface area contributed by atoms with Crippen molar-refractivity contribution in [3.05, 3.63) is 70.2 Å². The predicted molar refractivity (Wildman–Crippen MR) is 88.9 cm³/mol. The van der Waals surface area contributed by atoms with E-state index in [1.807, 2.05) is 6.07 Å². The lowest BCUT2D eigenvalue weighted by Crippen LogP contribution is -2.08. The third-order valence-electron chi connectivity index (χ3n) is 3.50. The molecular formula is C17H10FN3OS. The molecule has 0 atom stereocenters. The maximum atomic E-state index is 14.1. The van der Waals surface area contributed by atoms with Crippen molar-refractivity contribution in [1.82, 2.24) is 15.0 Å². The molecule has 0 fully saturated rings. The second-order valence-corrected chi connectivity index (χ2v) is 5.82. The molecule has 0 spiro atoms. The molecule has 0 aliphatic heterocycles. The molecule has 0 saturated heterocycles. The normalized spacial score (nSPS) is 11.0. The van der Waals surface area contributed by atoms with Crippen molar-refractivity contribution < 1.29 is 4.39 Å². The van der Waals surface area contributed by atoms with Gasteiger partial charge in [-0.05, 0) is 18.2 Å². The number of halogens is 1. The number of nitrogens with zero attached hydrogens (tertiary/aromatic N) is 2. The number of hydrogen-bond acceptors (Lipinski definition) is 4. The molecule has 1 aromatic carbocycles. The van der Waals surface area contributed by atoms with Gasteiger partial charge in [-0.25, -0.2) is 9.37 Å². The molecular weight excluding hydrogens is 313 g/mol. The van der Waals surface area contributed by atoms with Gasteiger partial charge in [-0.2, -0.15) is 0 Å². The minimum atomic E-state index is -0.339. The summed E-state index contributed by atoms with van der Waals surface area (Å²) in [7, 11) is 0. The molecule has 0 unspecified atom stereocenters. The van der Waals surface area contributed by atoms with Gasteiger partial charge in [0, 0.05) is 22.7 Å². The summed E-state index contributed by atoms with van der Waals surface area (Å²) in [5, 5.41) is 1.76. The second kappa shape index (κ2) is 5.40. The summed E-state index contributed by atoms with van der Waals surface area (Å²) in [5.41, 5.74) is 1.86. The maximum absolute atomic E-state index is 14.1. The summed E-state index contributed by atoms with van der Waals surface area (Å²) >= 11 is 1.25. The molecule has 0 aliphatic carbocycles. The minimum absolute atomic E-state index is 0.247. The number of nitrogens with one attached hydrogen (secondary N) is 1. The predicted octanol–water partition coefficient (Wildman–Crippen LogP) is 3.85. The van der Waals surface area contributed by atoms with E-state index in [9.17, 15) is 9.18 Å². The highest BCUT2D eigenvalue weighted by molar-refractivity contribution is 7.17. The number of thiophene rings is 1. The fraction of sp³-hybridized carbons (Fsp3) is 0. The molecule has 0 saturated carbocycles. The Balaban J connectivity index is 2.00. The zero-order valence-electron chi connectivity index (χ0n) is 11.8. The highest BCUT2D eigenvalue weighted by Gasteiger charge is 2.15. The van der Waals surface area contributed by atoms with E-state index < -0.39 is 0 Å². The van der Waals surface area contributed by atoms with E-state index in [0.29, 0.717) is 32.9 Å². The van der Waals surface area contributed by atoms with Crippen molar-refractivity contribution in [2.24, 2.45) is 0 Å². The monoisotopic (exact) mass is 323 g/mol. The van der Waals surface area contributed by atoms with Gasteiger partial charge in [0.25, 0.3) is 5.56 Å². The smallest absolute Gasteiger partial charge is 0.269 e. The number of rotatable bonds is 2. The Bertz CT molecular complexity index is 1060. The molecule has 112 valence electrons. The van der Waals surface area contributed by atoms with E-state index in [4.69, 9.17) is 0 Å². The van der Waals surface area contributed by atoms with E-state index in [1.165, 1.54) is 17.4 Å². The SMILES string of the molecule is O=c1[nH]c(-c2ccccn2)nc2c(-c3ccccc3F)csc12. The molecule has 3 aromatic heterocycles. The van der Waals surface area contributed by atoms with Crippen LogP contribution in [0.3, 0.4) is 0 Å². The van der Waals surface area contributed by atoms with E-state index in [-0.39, 0.29) is 11.4 Å². The number of H-pyrrole nitrogens is 1. The van der Waals surface area contributed by atoms with Crippen LogP contribution in [0.2, 0.25) is 0 Å². The van der Waals surface area contributed by atoms with Gasteiger partial charge in [0.1, 0.15) is 16.2 Å². The summed E-state index contributed by atoms with van der Waals surface area (Å²) in [6, 6.07) is 11.8. The van der Waals surface area contributed by atoms with E-state index in [2.05, 4.69) is 15.0 Å². The van der Waals surface area contributed by atoms with Crippen molar-refractivity contribution in [3.63, 3.8) is 0 Å². The molecule has 4 nitrogen and oxygen atoms in total. The number of aromatic nitrogens is 3. The van der Waals surface area contributed by atoms with Gasteiger partial charge in [0.05, 0.1) is 5.52 Å². The highest BCUT2D eigenvalue weighted by Crippen LogP contribution is 2.33. The Hall–Kier alpha value is -2.86. The van der Waals surface area contributed by atoms with Crippen molar-refractivity contribution in [2.45, 2.75) is 0 Å². The number of benzene rings is 1. The molecule has 1 N–H and O–H groups in total. The molecule has 0 radical (unpaired) electrons. The van der Waals surface area contributed by atoms with Gasteiger partial charge in [0.15, 0.2) is 5.82 Å². The van der Waals surface area contributed by atoms with Crippen molar-refractivity contribution in [3.8, 4) is 22.6 Å². The quantitative estimate of drug-likeness (QED) is 0.609. The first-order chi connectivity index (χ1) is 11.2. The molecule has 0 bridgehead atoms. The van der Waals surface area contributed by atoms with Gasteiger partial charge in [-0.15, -0.1) is 11.3 Å². The van der Waals surface area contributed by atoms with Crippen LogP contribution in [0, 0.1) is 5.82 Å². The summed E-state index contributed by atoms with van der Waals surface area (Å²) in [5.74, 6) is 0.0350. The molecule has 0 aliphatic rings. The van der Waals surface area contributed by atoms with Crippen LogP contribution in [-0.4, -0.2) is 15.0 Å². The van der Waals surface area contributed by atoms with Gasteiger partial charge in [0.2, 0.25) is 0 Å². The van der Waals surface area contributed by atoms with Crippen LogP contribution >= 0.6 is 11.3 Å². The van der Waals surface area contributed by atoms with E-state index >= 15 is 0 Å². The molecule has 3 heterocycles. The van der Waals surface area contributed by atoms with Crippen LogP contribution < -0.4 is 5.56 Å². The maximum Gasteiger partial charge on any atom is 0.269 e. The van der Waals surface area contributed by atoms with E-state index in [1.54, 1.807) is 41.9 Å². The van der Waals surface area contributed by atoms with Gasteiger partial charge in [-0.3, -0.25) is 9.78 Å². The zero-order valence-corrected chi connectivity index (χ0v) is 12.6.